The first-order valence-electron chi connectivity index (χ1n) is 7.09. The van der Waals surface area contributed by atoms with Crippen molar-refractivity contribution in [3.05, 3.63) is 42.1 Å². The Bertz CT molecular complexity index is 555. The minimum Gasteiger partial charge on any atom is -0.392 e. The smallest absolute Gasteiger partial charge is 0.0705 e. The van der Waals surface area contributed by atoms with Crippen LogP contribution in [0.3, 0.4) is 0 Å². The summed E-state index contributed by atoms with van der Waals surface area (Å²) >= 11 is 0. The quantitative estimate of drug-likeness (QED) is 0.887. The van der Waals surface area contributed by atoms with E-state index >= 15 is 0 Å². The molecule has 0 saturated heterocycles. The molecule has 2 aromatic rings. The molecule has 1 aliphatic carbocycles. The lowest BCUT2D eigenvalue weighted by atomic mass is 9.92. The molecular weight excluding hydrogens is 236 g/mol. The van der Waals surface area contributed by atoms with E-state index in [1.165, 1.54) is 11.8 Å². The molecule has 1 aliphatic rings. The van der Waals surface area contributed by atoms with Crippen molar-refractivity contribution in [3.63, 3.8) is 0 Å². The van der Waals surface area contributed by atoms with Gasteiger partial charge < -0.3 is 10.4 Å². The van der Waals surface area contributed by atoms with Gasteiger partial charge in [-0.15, -0.1) is 0 Å². The highest BCUT2D eigenvalue weighted by atomic mass is 16.3. The van der Waals surface area contributed by atoms with Crippen molar-refractivity contribution in [3.8, 4) is 0 Å². The number of hydrogen-bond acceptors (Lipinski definition) is 3. The van der Waals surface area contributed by atoms with E-state index in [4.69, 9.17) is 0 Å². The second-order valence-corrected chi connectivity index (χ2v) is 5.33. The predicted molar refractivity (Wildman–Crippen MR) is 76.8 cm³/mol. The Hall–Kier alpha value is -1.45. The van der Waals surface area contributed by atoms with E-state index in [0.29, 0.717) is 0 Å². The first-order valence-corrected chi connectivity index (χ1v) is 7.09. The third kappa shape index (κ3) is 2.94. The summed E-state index contributed by atoms with van der Waals surface area (Å²) in [7, 11) is 0. The molecule has 1 aromatic carbocycles. The topological polar surface area (TPSA) is 45.1 Å². The molecular formula is C16H20N2O. The Morgan fingerprint density at radius 1 is 1.11 bits per heavy atom. The maximum atomic E-state index is 9.94. The number of nitrogens with one attached hydrogen (secondary N) is 1. The second kappa shape index (κ2) is 5.68. The molecule has 0 spiro atoms. The number of aromatic nitrogens is 1. The minimum atomic E-state index is -0.200. The number of para-hydroxylation sites is 1. The van der Waals surface area contributed by atoms with Crippen molar-refractivity contribution in [2.24, 2.45) is 0 Å². The van der Waals surface area contributed by atoms with Crippen LogP contribution >= 0.6 is 0 Å². The SMILES string of the molecule is OC1CCCCC1NCc1ccc2ccccc2n1. The highest BCUT2D eigenvalue weighted by Crippen LogP contribution is 2.19. The van der Waals surface area contributed by atoms with E-state index in [0.717, 1.165) is 37.0 Å². The van der Waals surface area contributed by atoms with Crippen LogP contribution in [-0.2, 0) is 6.54 Å². The first kappa shape index (κ1) is 12.6. The summed E-state index contributed by atoms with van der Waals surface area (Å²) in [5, 5.41) is 14.5. The zero-order valence-electron chi connectivity index (χ0n) is 11.0. The average Bonchev–Trinajstić information content (AvgIpc) is 2.46. The fourth-order valence-electron chi connectivity index (χ4n) is 2.79. The number of hydrogen-bond donors (Lipinski definition) is 2. The van der Waals surface area contributed by atoms with Gasteiger partial charge in [0.1, 0.15) is 0 Å². The molecule has 19 heavy (non-hydrogen) atoms. The van der Waals surface area contributed by atoms with Crippen LogP contribution < -0.4 is 5.32 Å². The highest BCUT2D eigenvalue weighted by Gasteiger charge is 2.22. The fourth-order valence-corrected chi connectivity index (χ4v) is 2.79. The molecule has 2 N–H and O–H groups in total. The standard InChI is InChI=1S/C16H20N2O/c19-16-8-4-3-7-15(16)17-11-13-10-9-12-5-1-2-6-14(12)18-13/h1-2,5-6,9-10,15-17,19H,3-4,7-8,11H2. The van der Waals surface area contributed by atoms with Crippen molar-refractivity contribution in [2.75, 3.05) is 0 Å². The van der Waals surface area contributed by atoms with Gasteiger partial charge in [0.25, 0.3) is 0 Å². The number of nitrogens with zero attached hydrogens (tertiary/aromatic N) is 1. The molecule has 0 aliphatic heterocycles. The van der Waals surface area contributed by atoms with Crippen LogP contribution in [0.15, 0.2) is 36.4 Å². The number of rotatable bonds is 3. The average molecular weight is 256 g/mol. The molecule has 0 amide bonds. The number of aliphatic hydroxyl groups is 1. The van der Waals surface area contributed by atoms with E-state index in [2.05, 4.69) is 28.5 Å². The lowest BCUT2D eigenvalue weighted by Crippen LogP contribution is -2.41. The van der Waals surface area contributed by atoms with Gasteiger partial charge >= 0.3 is 0 Å². The molecule has 0 bridgehead atoms. The highest BCUT2D eigenvalue weighted by molar-refractivity contribution is 5.78. The van der Waals surface area contributed by atoms with Gasteiger partial charge in [0.15, 0.2) is 0 Å². The Morgan fingerprint density at radius 2 is 1.95 bits per heavy atom. The molecule has 1 heterocycles. The van der Waals surface area contributed by atoms with Crippen LogP contribution in [0, 0.1) is 0 Å². The number of benzene rings is 1. The molecule has 3 heteroatoms. The van der Waals surface area contributed by atoms with Crippen LogP contribution in [0.4, 0.5) is 0 Å². The van der Waals surface area contributed by atoms with Gasteiger partial charge in [0.05, 0.1) is 17.3 Å². The third-order valence-electron chi connectivity index (χ3n) is 3.93. The molecule has 3 rings (SSSR count). The normalized spacial score (nSPS) is 23.6. The number of fused-ring (bicyclic) bond motifs is 1. The Balaban J connectivity index is 1.67. The lowest BCUT2D eigenvalue weighted by molar-refractivity contribution is 0.0901. The predicted octanol–water partition coefficient (Wildman–Crippen LogP) is 2.63. The first-order chi connectivity index (χ1) is 9.33. The van der Waals surface area contributed by atoms with Crippen LogP contribution in [0.1, 0.15) is 31.4 Å². The van der Waals surface area contributed by atoms with Crippen LogP contribution in [0.2, 0.25) is 0 Å². The van der Waals surface area contributed by atoms with Crippen molar-refractivity contribution in [1.29, 1.82) is 0 Å². The van der Waals surface area contributed by atoms with E-state index in [-0.39, 0.29) is 12.1 Å². The number of pyridine rings is 1. The summed E-state index contributed by atoms with van der Waals surface area (Å²) in [5.41, 5.74) is 2.07. The van der Waals surface area contributed by atoms with Crippen molar-refractivity contribution < 1.29 is 5.11 Å². The Morgan fingerprint density at radius 3 is 2.84 bits per heavy atom. The Labute approximate surface area is 113 Å². The van der Waals surface area contributed by atoms with Gasteiger partial charge in [-0.1, -0.05) is 37.1 Å². The van der Waals surface area contributed by atoms with E-state index in [1.807, 2.05) is 18.2 Å². The van der Waals surface area contributed by atoms with Gasteiger partial charge in [-0.3, -0.25) is 4.98 Å². The summed E-state index contributed by atoms with van der Waals surface area (Å²) in [6, 6.07) is 12.5. The molecule has 2 unspecified atom stereocenters. The zero-order chi connectivity index (χ0) is 13.1. The maximum Gasteiger partial charge on any atom is 0.0705 e. The molecule has 0 radical (unpaired) electrons. The van der Waals surface area contributed by atoms with Gasteiger partial charge in [0.2, 0.25) is 0 Å². The summed E-state index contributed by atoms with van der Waals surface area (Å²) in [6.45, 7) is 0.729. The monoisotopic (exact) mass is 256 g/mol. The zero-order valence-corrected chi connectivity index (χ0v) is 11.0. The molecule has 1 aromatic heterocycles. The summed E-state index contributed by atoms with van der Waals surface area (Å²) in [5.74, 6) is 0. The molecule has 1 fully saturated rings. The van der Waals surface area contributed by atoms with Crippen LogP contribution in [-0.4, -0.2) is 22.2 Å². The minimum absolute atomic E-state index is 0.200. The molecule has 1 saturated carbocycles. The molecule has 100 valence electrons. The van der Waals surface area contributed by atoms with E-state index < -0.39 is 0 Å². The Kier molecular flexibility index (Phi) is 3.76. The summed E-state index contributed by atoms with van der Waals surface area (Å²) in [4.78, 5) is 4.64. The van der Waals surface area contributed by atoms with Gasteiger partial charge in [0, 0.05) is 18.0 Å². The maximum absolute atomic E-state index is 9.94. The van der Waals surface area contributed by atoms with Crippen molar-refractivity contribution in [2.45, 2.75) is 44.4 Å². The van der Waals surface area contributed by atoms with E-state index in [9.17, 15) is 5.11 Å². The summed E-state index contributed by atoms with van der Waals surface area (Å²) in [6.07, 6.45) is 4.14. The van der Waals surface area contributed by atoms with Crippen LogP contribution in [0.25, 0.3) is 10.9 Å². The number of aliphatic hydroxyl groups excluding tert-OH is 1. The summed E-state index contributed by atoms with van der Waals surface area (Å²) < 4.78 is 0. The van der Waals surface area contributed by atoms with Gasteiger partial charge in [-0.2, -0.15) is 0 Å². The fraction of sp³-hybridized carbons (Fsp3) is 0.438. The molecule has 2 atom stereocenters. The largest absolute Gasteiger partial charge is 0.392 e. The second-order valence-electron chi connectivity index (χ2n) is 5.33. The van der Waals surface area contributed by atoms with Gasteiger partial charge in [-0.05, 0) is 25.0 Å². The molecule has 3 nitrogen and oxygen atoms in total. The third-order valence-corrected chi connectivity index (χ3v) is 3.93. The van der Waals surface area contributed by atoms with E-state index in [1.54, 1.807) is 0 Å². The van der Waals surface area contributed by atoms with Crippen LogP contribution in [0.5, 0.6) is 0 Å². The lowest BCUT2D eigenvalue weighted by Gasteiger charge is -2.28. The van der Waals surface area contributed by atoms with Crippen molar-refractivity contribution in [1.82, 2.24) is 10.3 Å². The van der Waals surface area contributed by atoms with Gasteiger partial charge in [-0.25, -0.2) is 0 Å². The van der Waals surface area contributed by atoms with Crippen molar-refractivity contribution >= 4 is 10.9 Å².